The maximum absolute atomic E-state index is 12.1. The Kier molecular flexibility index (Phi) is 6.47. The number of H-pyrrole nitrogens is 1. The summed E-state index contributed by atoms with van der Waals surface area (Å²) in [6.07, 6.45) is 6.59. The van der Waals surface area contributed by atoms with Crippen molar-refractivity contribution < 1.29 is 13.5 Å². The Hall–Kier alpha value is -0.920. The molecule has 0 saturated carbocycles. The maximum atomic E-state index is 12.1. The van der Waals surface area contributed by atoms with Gasteiger partial charge in [0.1, 0.15) is 0 Å². The van der Waals surface area contributed by atoms with E-state index in [2.05, 4.69) is 21.8 Å². The number of unbranched alkanes of at least 4 members (excludes halogenated alkanes) is 3. The Morgan fingerprint density at radius 1 is 1.42 bits per heavy atom. The first-order chi connectivity index (χ1) is 9.01. The molecule has 1 atom stereocenters. The molecule has 110 valence electrons. The number of rotatable bonds is 9. The molecule has 1 aromatic rings. The summed E-state index contributed by atoms with van der Waals surface area (Å²) in [6.45, 7) is 3.64. The summed E-state index contributed by atoms with van der Waals surface area (Å²) in [5.74, 6) is 0. The molecular weight excluding hydrogens is 266 g/mol. The smallest absolute Gasteiger partial charge is 0.258 e. The number of hydrogen-bond donors (Lipinski definition) is 3. The second kappa shape index (κ2) is 7.62. The van der Waals surface area contributed by atoms with Gasteiger partial charge in [0, 0.05) is 11.6 Å². The number of hydrogen-bond acceptors (Lipinski definition) is 4. The molecule has 3 N–H and O–H groups in total. The zero-order chi connectivity index (χ0) is 14.3. The van der Waals surface area contributed by atoms with Gasteiger partial charge in [-0.1, -0.05) is 32.6 Å². The fraction of sp³-hybridized carbons (Fsp3) is 0.750. The van der Waals surface area contributed by atoms with Gasteiger partial charge in [-0.25, -0.2) is 13.1 Å². The molecule has 0 aliphatic heterocycles. The average molecular weight is 289 g/mol. The third-order valence-electron chi connectivity index (χ3n) is 2.96. The molecule has 0 spiro atoms. The fourth-order valence-electron chi connectivity index (χ4n) is 1.90. The lowest BCUT2D eigenvalue weighted by Gasteiger charge is -2.13. The van der Waals surface area contributed by atoms with Crippen LogP contribution in [0.5, 0.6) is 0 Å². The van der Waals surface area contributed by atoms with Gasteiger partial charge in [0.15, 0.2) is 5.03 Å². The van der Waals surface area contributed by atoms with Crippen molar-refractivity contribution in [2.45, 2.75) is 63.6 Å². The molecule has 0 aromatic carbocycles. The van der Waals surface area contributed by atoms with Crippen LogP contribution in [-0.4, -0.2) is 29.8 Å². The predicted octanol–water partition coefficient (Wildman–Crippen LogP) is 1.54. The second-order valence-corrected chi connectivity index (χ2v) is 6.40. The number of aliphatic hydroxyl groups excluding tert-OH is 1. The molecule has 0 aliphatic carbocycles. The van der Waals surface area contributed by atoms with Gasteiger partial charge >= 0.3 is 0 Å². The van der Waals surface area contributed by atoms with Crippen molar-refractivity contribution >= 4 is 10.0 Å². The number of sulfonamides is 1. The molecule has 0 fully saturated rings. The zero-order valence-corrected chi connectivity index (χ0v) is 12.3. The summed E-state index contributed by atoms with van der Waals surface area (Å²) in [5.41, 5.74) is 0.283. The van der Waals surface area contributed by atoms with E-state index in [4.69, 9.17) is 5.11 Å². The molecule has 7 heteroatoms. The van der Waals surface area contributed by atoms with Gasteiger partial charge in [-0.3, -0.25) is 5.10 Å². The molecule has 19 heavy (non-hydrogen) atoms. The molecule has 0 saturated heterocycles. The zero-order valence-electron chi connectivity index (χ0n) is 11.5. The van der Waals surface area contributed by atoms with Gasteiger partial charge in [0.25, 0.3) is 10.0 Å². The van der Waals surface area contributed by atoms with Crippen LogP contribution >= 0.6 is 0 Å². The normalized spacial score (nSPS) is 13.6. The van der Waals surface area contributed by atoms with Crippen molar-refractivity contribution in [3.8, 4) is 0 Å². The van der Waals surface area contributed by atoms with E-state index in [0.717, 1.165) is 25.7 Å². The summed E-state index contributed by atoms with van der Waals surface area (Å²) < 4.78 is 26.8. The third kappa shape index (κ3) is 4.93. The van der Waals surface area contributed by atoms with Crippen LogP contribution in [0.2, 0.25) is 0 Å². The lowest BCUT2D eigenvalue weighted by atomic mass is 10.1. The number of aromatic amines is 1. The third-order valence-corrected chi connectivity index (χ3v) is 4.57. The molecule has 1 unspecified atom stereocenters. The Morgan fingerprint density at radius 3 is 2.79 bits per heavy atom. The van der Waals surface area contributed by atoms with Gasteiger partial charge in [0.2, 0.25) is 0 Å². The van der Waals surface area contributed by atoms with E-state index in [1.807, 2.05) is 6.92 Å². The highest BCUT2D eigenvalue weighted by molar-refractivity contribution is 7.89. The van der Waals surface area contributed by atoms with Crippen molar-refractivity contribution in [1.29, 1.82) is 0 Å². The van der Waals surface area contributed by atoms with Gasteiger partial charge in [-0.05, 0) is 13.3 Å². The summed E-state index contributed by atoms with van der Waals surface area (Å²) in [7, 11) is -3.63. The molecule has 1 aromatic heterocycles. The van der Waals surface area contributed by atoms with E-state index >= 15 is 0 Å². The Labute approximate surface area is 114 Å². The van der Waals surface area contributed by atoms with E-state index in [0.29, 0.717) is 0 Å². The largest absolute Gasteiger partial charge is 0.392 e. The first-order valence-electron chi connectivity index (χ1n) is 6.66. The van der Waals surface area contributed by atoms with Crippen LogP contribution in [-0.2, 0) is 16.6 Å². The van der Waals surface area contributed by atoms with Gasteiger partial charge in [-0.15, -0.1) is 0 Å². The Bertz CT molecular complexity index is 470. The minimum Gasteiger partial charge on any atom is -0.392 e. The van der Waals surface area contributed by atoms with Crippen LogP contribution in [0.4, 0.5) is 0 Å². The second-order valence-electron chi connectivity index (χ2n) is 4.75. The Balaban J connectivity index is 2.55. The van der Waals surface area contributed by atoms with Crippen molar-refractivity contribution in [2.24, 2.45) is 0 Å². The number of nitrogens with zero attached hydrogens (tertiary/aromatic N) is 1. The minimum atomic E-state index is -3.63. The fourth-order valence-corrected chi connectivity index (χ4v) is 3.31. The van der Waals surface area contributed by atoms with Crippen LogP contribution in [0, 0.1) is 0 Å². The van der Waals surface area contributed by atoms with Crippen molar-refractivity contribution in [3.05, 3.63) is 11.8 Å². The first kappa shape index (κ1) is 16.1. The lowest BCUT2D eigenvalue weighted by Crippen LogP contribution is -2.33. The molecule has 1 rings (SSSR count). The molecule has 0 bridgehead atoms. The van der Waals surface area contributed by atoms with Gasteiger partial charge < -0.3 is 5.11 Å². The average Bonchev–Trinajstić information content (AvgIpc) is 2.83. The quantitative estimate of drug-likeness (QED) is 0.601. The first-order valence-corrected chi connectivity index (χ1v) is 8.15. The van der Waals surface area contributed by atoms with E-state index < -0.39 is 10.0 Å². The molecule has 6 nitrogen and oxygen atoms in total. The van der Waals surface area contributed by atoms with Gasteiger partial charge in [0.05, 0.1) is 12.8 Å². The highest BCUT2D eigenvalue weighted by atomic mass is 32.2. The van der Waals surface area contributed by atoms with Crippen LogP contribution < -0.4 is 4.72 Å². The number of aliphatic hydroxyl groups is 1. The summed E-state index contributed by atoms with van der Waals surface area (Å²) in [4.78, 5) is 0. The number of nitrogens with one attached hydrogen (secondary N) is 2. The van der Waals surface area contributed by atoms with Crippen LogP contribution in [0.1, 0.15) is 51.5 Å². The molecular formula is C12H23N3O3S. The van der Waals surface area contributed by atoms with E-state index in [-0.39, 0.29) is 23.2 Å². The van der Waals surface area contributed by atoms with Gasteiger partial charge in [-0.2, -0.15) is 5.10 Å². The highest BCUT2D eigenvalue weighted by Gasteiger charge is 2.22. The van der Waals surface area contributed by atoms with Crippen LogP contribution in [0.15, 0.2) is 11.2 Å². The van der Waals surface area contributed by atoms with Crippen molar-refractivity contribution in [3.63, 3.8) is 0 Å². The van der Waals surface area contributed by atoms with E-state index in [1.165, 1.54) is 12.6 Å². The highest BCUT2D eigenvalue weighted by Crippen LogP contribution is 2.13. The molecule has 0 aliphatic rings. The Morgan fingerprint density at radius 2 is 2.16 bits per heavy atom. The number of aromatic nitrogens is 2. The molecule has 0 radical (unpaired) electrons. The van der Waals surface area contributed by atoms with Crippen LogP contribution in [0.3, 0.4) is 0 Å². The standard InChI is InChI=1S/C12H23N3O3S/c1-3-4-5-6-7-10(2)15-19(17,18)12-11(9-16)8-13-14-12/h8,10,15-16H,3-7,9H2,1-2H3,(H,13,14). The lowest BCUT2D eigenvalue weighted by molar-refractivity contribution is 0.278. The van der Waals surface area contributed by atoms with E-state index in [9.17, 15) is 8.42 Å². The SMILES string of the molecule is CCCCCCC(C)NS(=O)(=O)c1[nH]ncc1CO. The molecule has 1 heterocycles. The van der Waals surface area contributed by atoms with E-state index in [1.54, 1.807) is 0 Å². The topological polar surface area (TPSA) is 95.1 Å². The summed E-state index contributed by atoms with van der Waals surface area (Å²) >= 11 is 0. The summed E-state index contributed by atoms with van der Waals surface area (Å²) in [6, 6.07) is -0.128. The predicted molar refractivity (Wildman–Crippen MR) is 73.1 cm³/mol. The molecule has 0 amide bonds. The van der Waals surface area contributed by atoms with Crippen molar-refractivity contribution in [2.75, 3.05) is 0 Å². The maximum Gasteiger partial charge on any atom is 0.258 e. The summed E-state index contributed by atoms with van der Waals surface area (Å²) in [5, 5.41) is 15.1. The van der Waals surface area contributed by atoms with Crippen molar-refractivity contribution in [1.82, 2.24) is 14.9 Å². The van der Waals surface area contributed by atoms with Crippen LogP contribution in [0.25, 0.3) is 0 Å². The monoisotopic (exact) mass is 289 g/mol. The minimum absolute atomic E-state index is 0.0459.